The number of aliphatic hydroxyl groups is 1. The first kappa shape index (κ1) is 18.0. The van der Waals surface area contributed by atoms with Gasteiger partial charge in [0.15, 0.2) is 0 Å². The third-order valence-electron chi connectivity index (χ3n) is 3.11. The van der Waals surface area contributed by atoms with Crippen LogP contribution >= 0.6 is 19.9 Å². The molecular formula is C12H22BO5PS. The summed E-state index contributed by atoms with van der Waals surface area (Å²) in [5, 5.41) is 18.3. The second-order valence-corrected chi connectivity index (χ2v) is 6.58. The van der Waals surface area contributed by atoms with Gasteiger partial charge in [-0.15, -0.1) is 0 Å². The van der Waals surface area contributed by atoms with Crippen molar-refractivity contribution >= 4 is 33.1 Å². The summed E-state index contributed by atoms with van der Waals surface area (Å²) in [7, 11) is 1.14. The van der Waals surface area contributed by atoms with Crippen LogP contribution in [0.1, 0.15) is 32.1 Å². The number of aliphatic carboxylic acids is 1. The molecule has 0 aliphatic carbocycles. The maximum absolute atomic E-state index is 10.5. The molecule has 1 fully saturated rings. The Bertz CT molecular complexity index is 331. The van der Waals surface area contributed by atoms with E-state index < -0.39 is 12.1 Å². The van der Waals surface area contributed by atoms with E-state index in [1.807, 2.05) is 0 Å². The number of rotatable bonds is 9. The first-order valence-electron chi connectivity index (χ1n) is 6.68. The van der Waals surface area contributed by atoms with Crippen molar-refractivity contribution < 1.29 is 24.4 Å². The van der Waals surface area contributed by atoms with Gasteiger partial charge >= 0.3 is 13.2 Å². The molecule has 1 heterocycles. The molecule has 0 aromatic rings. The number of carbonyl (C=O) groups is 1. The largest absolute Gasteiger partial charge is 0.481 e. The van der Waals surface area contributed by atoms with Crippen molar-refractivity contribution in [3.63, 3.8) is 0 Å². The molecule has 8 heteroatoms. The van der Waals surface area contributed by atoms with Gasteiger partial charge in [-0.3, -0.25) is 4.79 Å². The quantitative estimate of drug-likeness (QED) is 0.197. The molecule has 0 aromatic heterocycles. The number of hydrogen-bond donors (Lipinski definition) is 3. The fraction of sp³-hybridized carbons (Fsp3) is 0.750. The van der Waals surface area contributed by atoms with Crippen molar-refractivity contribution in [1.29, 1.82) is 0 Å². The van der Waals surface area contributed by atoms with Crippen molar-refractivity contribution in [2.45, 2.75) is 50.4 Å². The third kappa shape index (κ3) is 7.65. The molecule has 1 aliphatic heterocycles. The SMILES string of the molecule is C=C1C[C@H](C[C@@H](O)CC(=O)O)O[C@@H](CCOBPS)C1. The minimum Gasteiger partial charge on any atom is -0.481 e. The van der Waals surface area contributed by atoms with Crippen LogP contribution in [0.15, 0.2) is 12.2 Å². The molecule has 0 bridgehead atoms. The fourth-order valence-corrected chi connectivity index (χ4v) is 2.84. The molecule has 20 heavy (non-hydrogen) atoms. The van der Waals surface area contributed by atoms with Gasteiger partial charge in [0.1, 0.15) is 0 Å². The van der Waals surface area contributed by atoms with Crippen molar-refractivity contribution in [3.8, 4) is 0 Å². The first-order chi connectivity index (χ1) is 9.51. The van der Waals surface area contributed by atoms with Crippen molar-refractivity contribution in [3.05, 3.63) is 12.2 Å². The van der Waals surface area contributed by atoms with E-state index in [0.717, 1.165) is 18.4 Å². The highest BCUT2D eigenvalue weighted by Crippen LogP contribution is 2.28. The Labute approximate surface area is 127 Å². The second-order valence-electron chi connectivity index (χ2n) is 5.03. The van der Waals surface area contributed by atoms with E-state index in [1.54, 1.807) is 0 Å². The van der Waals surface area contributed by atoms with E-state index in [4.69, 9.17) is 14.5 Å². The minimum absolute atomic E-state index is 0.0431. The molecule has 114 valence electrons. The summed E-state index contributed by atoms with van der Waals surface area (Å²) in [6.45, 7) is 4.62. The van der Waals surface area contributed by atoms with Crippen LogP contribution in [0.2, 0.25) is 0 Å². The Morgan fingerprint density at radius 2 is 2.30 bits per heavy atom. The van der Waals surface area contributed by atoms with E-state index in [1.165, 1.54) is 0 Å². The first-order valence-corrected chi connectivity index (χ1v) is 9.17. The van der Waals surface area contributed by atoms with Gasteiger partial charge in [-0.1, -0.05) is 19.8 Å². The minimum atomic E-state index is -0.996. The van der Waals surface area contributed by atoms with Crippen LogP contribution in [-0.4, -0.2) is 48.3 Å². The smallest absolute Gasteiger partial charge is 0.310 e. The lowest BCUT2D eigenvalue weighted by molar-refractivity contribution is -0.140. The molecule has 0 saturated carbocycles. The van der Waals surface area contributed by atoms with Crippen LogP contribution in [0.4, 0.5) is 0 Å². The molecule has 0 aromatic carbocycles. The highest BCUT2D eigenvalue weighted by atomic mass is 32.7. The molecule has 0 spiro atoms. The van der Waals surface area contributed by atoms with Crippen molar-refractivity contribution in [2.24, 2.45) is 0 Å². The average molecular weight is 320 g/mol. The summed E-state index contributed by atoms with van der Waals surface area (Å²) < 4.78 is 11.3. The summed E-state index contributed by atoms with van der Waals surface area (Å²) in [6, 6.07) is 0. The lowest BCUT2D eigenvalue weighted by Gasteiger charge is -2.32. The molecule has 0 radical (unpaired) electrons. The van der Waals surface area contributed by atoms with Crippen LogP contribution < -0.4 is 0 Å². The van der Waals surface area contributed by atoms with Gasteiger partial charge < -0.3 is 19.6 Å². The summed E-state index contributed by atoms with van der Waals surface area (Å²) in [4.78, 5) is 10.5. The summed E-state index contributed by atoms with van der Waals surface area (Å²) in [6.07, 6.45) is 1.38. The van der Waals surface area contributed by atoms with Gasteiger partial charge in [-0.05, 0) is 19.3 Å². The maximum atomic E-state index is 10.5. The number of thiol groups is 1. The van der Waals surface area contributed by atoms with E-state index in [2.05, 4.69) is 18.8 Å². The molecular weight excluding hydrogens is 298 g/mol. The summed E-state index contributed by atoms with van der Waals surface area (Å²) >= 11 is 4.10. The Morgan fingerprint density at radius 3 is 2.95 bits per heavy atom. The van der Waals surface area contributed by atoms with Gasteiger partial charge in [-0.25, -0.2) is 0 Å². The van der Waals surface area contributed by atoms with Gasteiger partial charge in [0.05, 0.1) is 24.7 Å². The van der Waals surface area contributed by atoms with Crippen LogP contribution in [0.5, 0.6) is 0 Å². The number of carboxylic acid groups (broad SMARTS) is 1. The molecule has 4 atom stereocenters. The van der Waals surface area contributed by atoms with Gasteiger partial charge in [-0.2, -0.15) is 12.2 Å². The zero-order chi connectivity index (χ0) is 15.0. The molecule has 1 rings (SSSR count). The Balaban J connectivity index is 2.33. The molecule has 1 saturated heterocycles. The predicted molar refractivity (Wildman–Crippen MR) is 84.9 cm³/mol. The topological polar surface area (TPSA) is 76.0 Å². The fourth-order valence-electron chi connectivity index (χ4n) is 2.33. The molecule has 5 nitrogen and oxygen atoms in total. The van der Waals surface area contributed by atoms with Gasteiger partial charge in [0, 0.05) is 13.0 Å². The third-order valence-corrected chi connectivity index (χ3v) is 3.83. The van der Waals surface area contributed by atoms with E-state index >= 15 is 0 Å². The highest BCUT2D eigenvalue weighted by molar-refractivity contribution is 8.46. The van der Waals surface area contributed by atoms with Gasteiger partial charge in [0.2, 0.25) is 0 Å². The molecule has 1 unspecified atom stereocenters. The summed E-state index contributed by atoms with van der Waals surface area (Å²) in [5.74, 6) is -0.996. The predicted octanol–water partition coefficient (Wildman–Crippen LogP) is 1.51. The van der Waals surface area contributed by atoms with Crippen molar-refractivity contribution in [2.75, 3.05) is 6.61 Å². The average Bonchev–Trinajstić information content (AvgIpc) is 2.32. The number of hydrogen-bond acceptors (Lipinski definition) is 5. The standard InChI is InChI=1S/C12H22BO5PS/c1-8-4-10(2-3-17-13-19-20)18-11(5-8)6-9(14)7-12(15)16/h9-11,13-14,19-20H,1-7H2,(H,15,16)/t9-,10+,11-/m1/s1. The van der Waals surface area contributed by atoms with Crippen LogP contribution in [0.25, 0.3) is 0 Å². The van der Waals surface area contributed by atoms with E-state index in [9.17, 15) is 9.90 Å². The zero-order valence-corrected chi connectivity index (χ0v) is 13.3. The molecule has 1 aliphatic rings. The number of aliphatic hydroxyl groups excluding tert-OH is 1. The Kier molecular flexibility index (Phi) is 8.81. The van der Waals surface area contributed by atoms with E-state index in [-0.39, 0.29) is 18.6 Å². The number of ether oxygens (including phenoxy) is 1. The monoisotopic (exact) mass is 320 g/mol. The molecule has 2 N–H and O–H groups in total. The maximum Gasteiger partial charge on any atom is 0.310 e. The normalized spacial score (nSPS) is 25.0. The lowest BCUT2D eigenvalue weighted by Crippen LogP contribution is -2.33. The van der Waals surface area contributed by atoms with Crippen LogP contribution in [0.3, 0.4) is 0 Å². The second kappa shape index (κ2) is 9.80. The lowest BCUT2D eigenvalue weighted by atomic mass is 9.94. The molecule has 0 amide bonds. The zero-order valence-electron chi connectivity index (χ0n) is 11.5. The van der Waals surface area contributed by atoms with Gasteiger partial charge in [0.25, 0.3) is 0 Å². The number of carboxylic acids is 1. The van der Waals surface area contributed by atoms with Crippen LogP contribution in [-0.2, 0) is 14.2 Å². The summed E-state index contributed by atoms with van der Waals surface area (Å²) in [5.41, 5.74) is 1.09. The highest BCUT2D eigenvalue weighted by Gasteiger charge is 2.26. The van der Waals surface area contributed by atoms with E-state index in [0.29, 0.717) is 34.3 Å². The Morgan fingerprint density at radius 1 is 1.60 bits per heavy atom. The van der Waals surface area contributed by atoms with Crippen LogP contribution in [0, 0.1) is 0 Å². The van der Waals surface area contributed by atoms with Crippen molar-refractivity contribution in [1.82, 2.24) is 0 Å². The Hall–Kier alpha value is -0.0651.